The Kier molecular flexibility index (Phi) is 9.00. The van der Waals surface area contributed by atoms with Gasteiger partial charge in [0.15, 0.2) is 5.96 Å². The van der Waals surface area contributed by atoms with Gasteiger partial charge >= 0.3 is 0 Å². The van der Waals surface area contributed by atoms with Crippen molar-refractivity contribution in [2.45, 2.75) is 26.8 Å². The summed E-state index contributed by atoms with van der Waals surface area (Å²) in [5.74, 6) is 1.30. The number of nitro benzene ring substituents is 1. The number of guanidine groups is 1. The molecule has 27 heavy (non-hydrogen) atoms. The van der Waals surface area contributed by atoms with Crippen LogP contribution in [0.2, 0.25) is 0 Å². The highest BCUT2D eigenvalue weighted by Gasteiger charge is 2.09. The van der Waals surface area contributed by atoms with E-state index in [4.69, 9.17) is 4.74 Å². The van der Waals surface area contributed by atoms with Crippen molar-refractivity contribution in [2.24, 2.45) is 10.9 Å². The van der Waals surface area contributed by atoms with Crippen molar-refractivity contribution < 1.29 is 9.66 Å². The SMILES string of the molecule is CC(C)CNC(=NCc1ccc([N+](=O)[O-])cc1)NCCCN1CCOCC1. The molecule has 1 aromatic carbocycles. The Morgan fingerprint density at radius 3 is 2.59 bits per heavy atom. The Hall–Kier alpha value is -2.19. The van der Waals surface area contributed by atoms with Gasteiger partial charge in [0.05, 0.1) is 24.7 Å². The number of nitro groups is 1. The highest BCUT2D eigenvalue weighted by Crippen LogP contribution is 2.12. The predicted octanol–water partition coefficient (Wildman–Crippen LogP) is 2.01. The molecule has 1 heterocycles. The zero-order valence-electron chi connectivity index (χ0n) is 16.3. The zero-order chi connectivity index (χ0) is 19.5. The lowest BCUT2D eigenvalue weighted by molar-refractivity contribution is -0.384. The van der Waals surface area contributed by atoms with Gasteiger partial charge in [0, 0.05) is 38.3 Å². The van der Waals surface area contributed by atoms with E-state index < -0.39 is 4.92 Å². The van der Waals surface area contributed by atoms with E-state index in [-0.39, 0.29) is 5.69 Å². The Morgan fingerprint density at radius 1 is 1.26 bits per heavy atom. The topological polar surface area (TPSA) is 92.0 Å². The molecule has 1 aromatic rings. The fourth-order valence-electron chi connectivity index (χ4n) is 2.70. The van der Waals surface area contributed by atoms with E-state index in [1.807, 2.05) is 0 Å². The molecule has 0 amide bonds. The van der Waals surface area contributed by atoms with Crippen LogP contribution in [0.5, 0.6) is 0 Å². The summed E-state index contributed by atoms with van der Waals surface area (Å²) in [6.45, 7) is 11.2. The molecular weight excluding hydrogens is 346 g/mol. The Morgan fingerprint density at radius 2 is 1.96 bits per heavy atom. The second kappa shape index (κ2) is 11.5. The molecule has 1 saturated heterocycles. The molecular formula is C19H31N5O3. The van der Waals surface area contributed by atoms with Gasteiger partial charge < -0.3 is 15.4 Å². The first-order chi connectivity index (χ1) is 13.0. The molecule has 2 N–H and O–H groups in total. The molecule has 0 radical (unpaired) electrons. The van der Waals surface area contributed by atoms with Crippen LogP contribution in [-0.2, 0) is 11.3 Å². The minimum absolute atomic E-state index is 0.0992. The third kappa shape index (κ3) is 8.36. The summed E-state index contributed by atoms with van der Waals surface area (Å²) < 4.78 is 5.37. The van der Waals surface area contributed by atoms with Crippen molar-refractivity contribution in [3.63, 3.8) is 0 Å². The van der Waals surface area contributed by atoms with Crippen molar-refractivity contribution in [1.82, 2.24) is 15.5 Å². The second-order valence-electron chi connectivity index (χ2n) is 7.10. The van der Waals surface area contributed by atoms with E-state index in [0.29, 0.717) is 12.5 Å². The molecule has 8 nitrogen and oxygen atoms in total. The summed E-state index contributed by atoms with van der Waals surface area (Å²) in [6.07, 6.45) is 1.04. The minimum Gasteiger partial charge on any atom is -0.379 e. The number of aliphatic imine (C=N–C) groups is 1. The summed E-state index contributed by atoms with van der Waals surface area (Å²) in [7, 11) is 0. The summed E-state index contributed by atoms with van der Waals surface area (Å²) in [5, 5.41) is 17.5. The number of non-ortho nitro benzene ring substituents is 1. The number of rotatable bonds is 9. The summed E-state index contributed by atoms with van der Waals surface area (Å²) >= 11 is 0. The number of nitrogens with one attached hydrogen (secondary N) is 2. The van der Waals surface area contributed by atoms with Crippen LogP contribution in [0, 0.1) is 16.0 Å². The van der Waals surface area contributed by atoms with Gasteiger partial charge in [0.1, 0.15) is 0 Å². The largest absolute Gasteiger partial charge is 0.379 e. The first-order valence-corrected chi connectivity index (χ1v) is 9.60. The maximum Gasteiger partial charge on any atom is 0.269 e. The van der Waals surface area contributed by atoms with Crippen molar-refractivity contribution in [3.8, 4) is 0 Å². The van der Waals surface area contributed by atoms with Crippen LogP contribution in [0.4, 0.5) is 5.69 Å². The lowest BCUT2D eigenvalue weighted by Gasteiger charge is -2.26. The molecule has 1 aliphatic rings. The molecule has 0 aliphatic carbocycles. The number of hydrogen-bond acceptors (Lipinski definition) is 5. The lowest BCUT2D eigenvalue weighted by atomic mass is 10.2. The number of ether oxygens (including phenoxy) is 1. The van der Waals surface area contributed by atoms with Crippen LogP contribution in [-0.4, -0.2) is 61.7 Å². The zero-order valence-corrected chi connectivity index (χ0v) is 16.3. The Balaban J connectivity index is 1.81. The van der Waals surface area contributed by atoms with Crippen LogP contribution in [0.15, 0.2) is 29.3 Å². The van der Waals surface area contributed by atoms with Crippen LogP contribution < -0.4 is 10.6 Å². The van der Waals surface area contributed by atoms with Gasteiger partial charge in [0.2, 0.25) is 0 Å². The molecule has 0 bridgehead atoms. The summed E-state index contributed by atoms with van der Waals surface area (Å²) in [5.41, 5.74) is 1.04. The standard InChI is InChI=1S/C19H31N5O3/c1-16(2)14-21-19(20-8-3-9-23-10-12-27-13-11-23)22-15-17-4-6-18(7-5-17)24(25)26/h4-7,16H,3,8-15H2,1-2H3,(H2,20,21,22). The number of nitrogens with zero attached hydrogens (tertiary/aromatic N) is 3. The van der Waals surface area contributed by atoms with E-state index in [1.54, 1.807) is 12.1 Å². The molecule has 150 valence electrons. The molecule has 0 unspecified atom stereocenters. The Labute approximate surface area is 161 Å². The summed E-state index contributed by atoms with van der Waals surface area (Å²) in [6, 6.07) is 6.53. The normalized spacial score (nSPS) is 15.7. The van der Waals surface area contributed by atoms with E-state index in [9.17, 15) is 10.1 Å². The fourth-order valence-corrected chi connectivity index (χ4v) is 2.70. The molecule has 0 aromatic heterocycles. The van der Waals surface area contributed by atoms with Crippen molar-refractivity contribution >= 4 is 11.6 Å². The highest BCUT2D eigenvalue weighted by molar-refractivity contribution is 5.79. The lowest BCUT2D eigenvalue weighted by Crippen LogP contribution is -2.41. The van der Waals surface area contributed by atoms with Crippen molar-refractivity contribution in [2.75, 3.05) is 45.9 Å². The van der Waals surface area contributed by atoms with Gasteiger partial charge in [-0.3, -0.25) is 15.0 Å². The quantitative estimate of drug-likeness (QED) is 0.225. The van der Waals surface area contributed by atoms with Crippen LogP contribution in [0.3, 0.4) is 0 Å². The van der Waals surface area contributed by atoms with E-state index in [2.05, 4.69) is 34.4 Å². The molecule has 0 spiro atoms. The average Bonchev–Trinajstić information content (AvgIpc) is 2.67. The smallest absolute Gasteiger partial charge is 0.269 e. The number of benzene rings is 1. The average molecular weight is 377 g/mol. The van der Waals surface area contributed by atoms with E-state index in [0.717, 1.165) is 63.9 Å². The van der Waals surface area contributed by atoms with Gasteiger partial charge in [-0.1, -0.05) is 26.0 Å². The second-order valence-corrected chi connectivity index (χ2v) is 7.10. The predicted molar refractivity (Wildman–Crippen MR) is 107 cm³/mol. The maximum atomic E-state index is 10.7. The molecule has 0 saturated carbocycles. The van der Waals surface area contributed by atoms with Crippen LogP contribution in [0.25, 0.3) is 0 Å². The number of hydrogen-bond donors (Lipinski definition) is 2. The molecule has 1 aliphatic heterocycles. The van der Waals surface area contributed by atoms with Crippen molar-refractivity contribution in [1.29, 1.82) is 0 Å². The molecule has 0 atom stereocenters. The van der Waals surface area contributed by atoms with E-state index in [1.165, 1.54) is 12.1 Å². The van der Waals surface area contributed by atoms with Gasteiger partial charge in [-0.25, -0.2) is 4.99 Å². The third-order valence-electron chi connectivity index (χ3n) is 4.29. The van der Waals surface area contributed by atoms with Gasteiger partial charge in [0.25, 0.3) is 5.69 Å². The molecule has 2 rings (SSSR count). The van der Waals surface area contributed by atoms with Gasteiger partial charge in [-0.2, -0.15) is 0 Å². The Bertz CT molecular complexity index is 598. The van der Waals surface area contributed by atoms with Gasteiger partial charge in [-0.15, -0.1) is 0 Å². The van der Waals surface area contributed by atoms with Crippen LogP contribution >= 0.6 is 0 Å². The number of morpholine rings is 1. The first kappa shape index (κ1) is 21.1. The van der Waals surface area contributed by atoms with E-state index >= 15 is 0 Å². The monoisotopic (exact) mass is 377 g/mol. The van der Waals surface area contributed by atoms with Crippen molar-refractivity contribution in [3.05, 3.63) is 39.9 Å². The van der Waals surface area contributed by atoms with Gasteiger partial charge in [-0.05, 0) is 24.4 Å². The fraction of sp³-hybridized carbons (Fsp3) is 0.632. The third-order valence-corrected chi connectivity index (χ3v) is 4.29. The summed E-state index contributed by atoms with van der Waals surface area (Å²) in [4.78, 5) is 17.4. The minimum atomic E-state index is -0.390. The molecule has 8 heteroatoms. The van der Waals surface area contributed by atoms with Crippen LogP contribution in [0.1, 0.15) is 25.8 Å². The highest BCUT2D eigenvalue weighted by atomic mass is 16.6. The first-order valence-electron chi connectivity index (χ1n) is 9.60. The maximum absolute atomic E-state index is 10.7. The molecule has 1 fully saturated rings.